The van der Waals surface area contributed by atoms with Crippen LogP contribution in [0.3, 0.4) is 0 Å². The maximum atomic E-state index is 5.87. The maximum Gasteiger partial charge on any atom is 0.121 e. The second-order valence-electron chi connectivity index (χ2n) is 4.36. The number of hydrogen-bond acceptors (Lipinski definition) is 4. The monoisotopic (exact) mass is 252 g/mol. The Hall–Kier alpha value is -0.870. The van der Waals surface area contributed by atoms with E-state index < -0.39 is 0 Å². The molecule has 2 N–H and O–H groups in total. The number of anilines is 1. The minimum atomic E-state index is 0.781. The van der Waals surface area contributed by atoms with Crippen LogP contribution < -0.4 is 10.5 Å². The average Bonchev–Trinajstić information content (AvgIpc) is 2.57. The Morgan fingerprint density at radius 1 is 1.29 bits per heavy atom. The molecule has 1 fully saturated rings. The van der Waals surface area contributed by atoms with Crippen LogP contribution in [0.5, 0.6) is 5.75 Å². The first kappa shape index (κ1) is 12.6. The van der Waals surface area contributed by atoms with Crippen LogP contribution in [-0.2, 0) is 6.54 Å². The molecule has 0 amide bonds. The number of methoxy groups -OCH3 is 1. The van der Waals surface area contributed by atoms with Gasteiger partial charge in [0.15, 0.2) is 0 Å². The zero-order valence-corrected chi connectivity index (χ0v) is 11.1. The van der Waals surface area contributed by atoms with Crippen LogP contribution in [0.4, 0.5) is 5.69 Å². The van der Waals surface area contributed by atoms with Gasteiger partial charge in [0, 0.05) is 30.6 Å². The van der Waals surface area contributed by atoms with Gasteiger partial charge in [-0.1, -0.05) is 0 Å². The molecule has 0 unspecified atom stereocenters. The van der Waals surface area contributed by atoms with Gasteiger partial charge in [0.1, 0.15) is 5.75 Å². The van der Waals surface area contributed by atoms with E-state index in [-0.39, 0.29) is 0 Å². The Bertz CT molecular complexity index is 362. The SMILES string of the molecule is COc1cc(N)cc(CN2CCCSCC2)c1. The fourth-order valence-electron chi connectivity index (χ4n) is 2.11. The zero-order valence-electron chi connectivity index (χ0n) is 10.3. The van der Waals surface area contributed by atoms with Crippen molar-refractivity contribution in [3.05, 3.63) is 23.8 Å². The number of nitrogen functional groups attached to an aromatic ring is 1. The van der Waals surface area contributed by atoms with Gasteiger partial charge in [-0.15, -0.1) is 0 Å². The maximum absolute atomic E-state index is 5.87. The molecular formula is C13H20N2OS. The Labute approximate surface area is 107 Å². The molecule has 0 aromatic heterocycles. The second-order valence-corrected chi connectivity index (χ2v) is 5.58. The zero-order chi connectivity index (χ0) is 12.1. The van der Waals surface area contributed by atoms with Crippen LogP contribution in [-0.4, -0.2) is 36.6 Å². The summed E-state index contributed by atoms with van der Waals surface area (Å²) in [6, 6.07) is 5.98. The lowest BCUT2D eigenvalue weighted by atomic mass is 10.1. The summed E-state index contributed by atoms with van der Waals surface area (Å²) in [4.78, 5) is 2.49. The van der Waals surface area contributed by atoms with E-state index in [9.17, 15) is 0 Å². The van der Waals surface area contributed by atoms with Crippen LogP contribution in [0, 0.1) is 0 Å². The van der Waals surface area contributed by atoms with Crippen molar-refractivity contribution in [2.24, 2.45) is 0 Å². The van der Waals surface area contributed by atoms with E-state index in [2.05, 4.69) is 11.0 Å². The van der Waals surface area contributed by atoms with Crippen molar-refractivity contribution in [1.82, 2.24) is 4.90 Å². The number of nitrogens with two attached hydrogens (primary N) is 1. The van der Waals surface area contributed by atoms with Crippen molar-refractivity contribution >= 4 is 17.4 Å². The summed E-state index contributed by atoms with van der Waals surface area (Å²) in [7, 11) is 1.68. The van der Waals surface area contributed by atoms with Crippen LogP contribution in [0.1, 0.15) is 12.0 Å². The summed E-state index contributed by atoms with van der Waals surface area (Å²) in [5.41, 5.74) is 7.89. The second kappa shape index (κ2) is 6.17. The number of rotatable bonds is 3. The summed E-state index contributed by atoms with van der Waals surface area (Å²) < 4.78 is 5.25. The molecule has 1 aromatic carbocycles. The molecule has 2 rings (SSSR count). The van der Waals surface area contributed by atoms with Gasteiger partial charge < -0.3 is 10.5 Å². The molecule has 17 heavy (non-hydrogen) atoms. The Kier molecular flexibility index (Phi) is 4.57. The normalized spacial score (nSPS) is 17.7. The Morgan fingerprint density at radius 3 is 3.00 bits per heavy atom. The molecule has 1 aliphatic rings. The summed E-state index contributed by atoms with van der Waals surface area (Å²) in [6.07, 6.45) is 1.28. The van der Waals surface area contributed by atoms with E-state index in [1.807, 2.05) is 23.9 Å². The number of benzene rings is 1. The third kappa shape index (κ3) is 3.82. The molecule has 0 atom stereocenters. The van der Waals surface area contributed by atoms with E-state index in [4.69, 9.17) is 10.5 Å². The minimum absolute atomic E-state index is 0.781. The van der Waals surface area contributed by atoms with Crippen molar-refractivity contribution in [2.75, 3.05) is 37.4 Å². The van der Waals surface area contributed by atoms with Gasteiger partial charge in [0.25, 0.3) is 0 Å². The van der Waals surface area contributed by atoms with Crippen molar-refractivity contribution in [2.45, 2.75) is 13.0 Å². The van der Waals surface area contributed by atoms with E-state index in [1.54, 1.807) is 7.11 Å². The molecule has 1 aromatic rings. The predicted octanol–water partition coefficient (Wildman–Crippen LogP) is 2.22. The van der Waals surface area contributed by atoms with E-state index >= 15 is 0 Å². The largest absolute Gasteiger partial charge is 0.497 e. The predicted molar refractivity (Wildman–Crippen MR) is 74.6 cm³/mol. The number of ether oxygens (including phenoxy) is 1. The van der Waals surface area contributed by atoms with Crippen molar-refractivity contribution in [3.8, 4) is 5.75 Å². The lowest BCUT2D eigenvalue weighted by Gasteiger charge is -2.20. The molecule has 0 aliphatic carbocycles. The van der Waals surface area contributed by atoms with Gasteiger partial charge in [-0.25, -0.2) is 0 Å². The molecule has 0 saturated carbocycles. The summed E-state index contributed by atoms with van der Waals surface area (Å²) in [5.74, 6) is 3.38. The summed E-state index contributed by atoms with van der Waals surface area (Å²) >= 11 is 2.05. The third-order valence-electron chi connectivity index (χ3n) is 2.95. The van der Waals surface area contributed by atoms with Crippen molar-refractivity contribution < 1.29 is 4.74 Å². The van der Waals surface area contributed by atoms with E-state index in [0.717, 1.165) is 18.0 Å². The van der Waals surface area contributed by atoms with Gasteiger partial charge >= 0.3 is 0 Å². The average molecular weight is 252 g/mol. The number of nitrogens with zero attached hydrogens (tertiary/aromatic N) is 1. The quantitative estimate of drug-likeness (QED) is 0.837. The van der Waals surface area contributed by atoms with Crippen LogP contribution >= 0.6 is 11.8 Å². The lowest BCUT2D eigenvalue weighted by Crippen LogP contribution is -2.25. The highest BCUT2D eigenvalue weighted by molar-refractivity contribution is 7.99. The Balaban J connectivity index is 2.03. The van der Waals surface area contributed by atoms with E-state index in [1.165, 1.54) is 36.6 Å². The Morgan fingerprint density at radius 2 is 2.18 bits per heavy atom. The summed E-state index contributed by atoms with van der Waals surface area (Å²) in [6.45, 7) is 3.33. The van der Waals surface area contributed by atoms with Gasteiger partial charge in [-0.3, -0.25) is 4.90 Å². The smallest absolute Gasteiger partial charge is 0.121 e. The first-order valence-corrected chi connectivity index (χ1v) is 7.17. The highest BCUT2D eigenvalue weighted by Crippen LogP contribution is 2.20. The molecule has 1 heterocycles. The molecule has 0 spiro atoms. The molecule has 3 nitrogen and oxygen atoms in total. The fourth-order valence-corrected chi connectivity index (χ4v) is 3.03. The number of thioether (sulfide) groups is 1. The molecule has 1 aliphatic heterocycles. The van der Waals surface area contributed by atoms with Crippen LogP contribution in [0.15, 0.2) is 18.2 Å². The topological polar surface area (TPSA) is 38.5 Å². The molecule has 0 radical (unpaired) electrons. The van der Waals surface area contributed by atoms with Crippen LogP contribution in [0.25, 0.3) is 0 Å². The fraction of sp³-hybridized carbons (Fsp3) is 0.538. The van der Waals surface area contributed by atoms with Gasteiger partial charge in [0.05, 0.1) is 7.11 Å². The van der Waals surface area contributed by atoms with Crippen LogP contribution in [0.2, 0.25) is 0 Å². The molecule has 94 valence electrons. The summed E-state index contributed by atoms with van der Waals surface area (Å²) in [5, 5.41) is 0. The molecule has 1 saturated heterocycles. The highest BCUT2D eigenvalue weighted by atomic mass is 32.2. The lowest BCUT2D eigenvalue weighted by molar-refractivity contribution is 0.287. The van der Waals surface area contributed by atoms with Crippen molar-refractivity contribution in [1.29, 1.82) is 0 Å². The van der Waals surface area contributed by atoms with Gasteiger partial charge in [0.2, 0.25) is 0 Å². The molecule has 0 bridgehead atoms. The first-order valence-electron chi connectivity index (χ1n) is 6.01. The highest BCUT2D eigenvalue weighted by Gasteiger charge is 2.10. The molecule has 4 heteroatoms. The van der Waals surface area contributed by atoms with Crippen molar-refractivity contribution in [3.63, 3.8) is 0 Å². The molecular weight excluding hydrogens is 232 g/mol. The van der Waals surface area contributed by atoms with Gasteiger partial charge in [-0.05, 0) is 36.4 Å². The minimum Gasteiger partial charge on any atom is -0.497 e. The van der Waals surface area contributed by atoms with Gasteiger partial charge in [-0.2, -0.15) is 11.8 Å². The first-order chi connectivity index (χ1) is 8.28. The number of hydrogen-bond donors (Lipinski definition) is 1. The standard InChI is InChI=1S/C13H20N2OS/c1-16-13-8-11(7-12(14)9-13)10-15-3-2-5-17-6-4-15/h7-9H,2-6,10,14H2,1H3. The van der Waals surface area contributed by atoms with E-state index in [0.29, 0.717) is 0 Å². The third-order valence-corrected chi connectivity index (χ3v) is 3.99.